The molecule has 6 nitrogen and oxygen atoms in total. The molecule has 0 saturated carbocycles. The van der Waals surface area contributed by atoms with Gasteiger partial charge in [-0.25, -0.2) is 4.79 Å². The fourth-order valence-electron chi connectivity index (χ4n) is 1.34. The molecule has 0 aliphatic rings. The Morgan fingerprint density at radius 3 is 2.67 bits per heavy atom. The Labute approximate surface area is 110 Å². The molecule has 2 heterocycles. The number of rotatable bonds is 3. The average Bonchev–Trinajstić information content (AvgIpc) is 2.94. The molecule has 94 valence electrons. The smallest absolute Gasteiger partial charge is 0.350 e. The lowest BCUT2D eigenvalue weighted by molar-refractivity contribution is -0.380. The zero-order valence-corrected chi connectivity index (χ0v) is 10.8. The van der Waals surface area contributed by atoms with E-state index in [1.807, 2.05) is 0 Å². The van der Waals surface area contributed by atoms with Crippen LogP contribution in [0.1, 0.15) is 9.67 Å². The number of hydrogen-bond acceptors (Lipinski definition) is 7. The molecule has 2 rings (SSSR count). The second-order valence-corrected chi connectivity index (χ2v) is 5.40. The molecule has 2 aromatic heterocycles. The lowest BCUT2D eigenvalue weighted by Gasteiger charge is -1.94. The van der Waals surface area contributed by atoms with E-state index in [0.29, 0.717) is 20.3 Å². The fraction of sp³-hybridized carbons (Fsp3) is 0.100. The summed E-state index contributed by atoms with van der Waals surface area (Å²) in [6.45, 7) is 0. The molecule has 0 bridgehead atoms. The maximum Gasteiger partial charge on any atom is 0.350 e. The van der Waals surface area contributed by atoms with E-state index in [-0.39, 0.29) is 5.00 Å². The maximum atomic E-state index is 11.4. The number of nitrogens with two attached hydrogens (primary N) is 1. The van der Waals surface area contributed by atoms with Crippen LogP contribution in [-0.2, 0) is 4.74 Å². The summed E-state index contributed by atoms with van der Waals surface area (Å²) in [4.78, 5) is 23.3. The second kappa shape index (κ2) is 4.75. The van der Waals surface area contributed by atoms with Crippen LogP contribution >= 0.6 is 22.7 Å². The molecule has 0 saturated heterocycles. The number of nitro groups is 1. The molecule has 0 unspecified atom stereocenters. The summed E-state index contributed by atoms with van der Waals surface area (Å²) in [5, 5.41) is 10.6. The third-order valence-corrected chi connectivity index (χ3v) is 4.51. The number of thiophene rings is 2. The normalized spacial score (nSPS) is 10.3. The third-order valence-electron chi connectivity index (χ3n) is 2.15. The largest absolute Gasteiger partial charge is 0.465 e. The van der Waals surface area contributed by atoms with E-state index in [4.69, 9.17) is 5.73 Å². The zero-order chi connectivity index (χ0) is 13.3. The molecule has 18 heavy (non-hydrogen) atoms. The second-order valence-electron chi connectivity index (χ2n) is 3.28. The molecule has 0 atom stereocenters. The monoisotopic (exact) mass is 284 g/mol. The Morgan fingerprint density at radius 2 is 2.11 bits per heavy atom. The molecule has 0 aromatic carbocycles. The molecule has 0 amide bonds. The van der Waals surface area contributed by atoms with Crippen molar-refractivity contribution in [3.05, 3.63) is 33.2 Å². The van der Waals surface area contributed by atoms with Gasteiger partial charge < -0.3 is 10.5 Å². The summed E-state index contributed by atoms with van der Waals surface area (Å²) in [5.41, 5.74) is 6.02. The minimum atomic E-state index is -0.505. The lowest BCUT2D eigenvalue weighted by Crippen LogP contribution is -2.00. The van der Waals surface area contributed by atoms with Crippen LogP contribution in [0.2, 0.25) is 0 Å². The van der Waals surface area contributed by atoms with Gasteiger partial charge in [0.05, 0.1) is 22.6 Å². The van der Waals surface area contributed by atoms with E-state index in [2.05, 4.69) is 4.74 Å². The van der Waals surface area contributed by atoms with Crippen molar-refractivity contribution in [3.63, 3.8) is 0 Å². The first-order valence-electron chi connectivity index (χ1n) is 4.75. The van der Waals surface area contributed by atoms with E-state index in [0.717, 1.165) is 22.7 Å². The van der Waals surface area contributed by atoms with Crippen LogP contribution in [0.15, 0.2) is 18.2 Å². The molecule has 0 radical (unpaired) electrons. The molecule has 2 N–H and O–H groups in total. The molecule has 0 aliphatic carbocycles. The number of anilines is 1. The van der Waals surface area contributed by atoms with Gasteiger partial charge >= 0.3 is 11.0 Å². The molecule has 0 spiro atoms. The first-order valence-corrected chi connectivity index (χ1v) is 6.38. The van der Waals surface area contributed by atoms with Crippen LogP contribution in [0, 0.1) is 10.1 Å². The Balaban J connectivity index is 2.39. The van der Waals surface area contributed by atoms with Crippen LogP contribution in [0.5, 0.6) is 0 Å². The zero-order valence-electron chi connectivity index (χ0n) is 9.21. The number of nitrogen functional groups attached to an aromatic ring is 1. The molecule has 0 aliphatic heterocycles. The van der Waals surface area contributed by atoms with Gasteiger partial charge in [-0.3, -0.25) is 10.1 Å². The van der Waals surface area contributed by atoms with Gasteiger partial charge in [0.2, 0.25) is 0 Å². The molecule has 0 fully saturated rings. The Morgan fingerprint density at radius 1 is 1.39 bits per heavy atom. The maximum absolute atomic E-state index is 11.4. The Hall–Kier alpha value is -1.93. The fourth-order valence-corrected chi connectivity index (χ4v) is 3.24. The van der Waals surface area contributed by atoms with Crippen molar-refractivity contribution in [3.8, 4) is 9.75 Å². The summed E-state index contributed by atoms with van der Waals surface area (Å²) in [7, 11) is 1.27. The van der Waals surface area contributed by atoms with Crippen molar-refractivity contribution in [1.29, 1.82) is 0 Å². The van der Waals surface area contributed by atoms with E-state index in [1.165, 1.54) is 13.2 Å². The summed E-state index contributed by atoms with van der Waals surface area (Å²) in [6, 6.07) is 4.68. The first kappa shape index (κ1) is 12.5. The average molecular weight is 284 g/mol. The van der Waals surface area contributed by atoms with Gasteiger partial charge in [-0.1, -0.05) is 11.3 Å². The van der Waals surface area contributed by atoms with Gasteiger partial charge in [0, 0.05) is 10.9 Å². The highest BCUT2D eigenvalue weighted by Gasteiger charge is 2.18. The highest BCUT2D eigenvalue weighted by atomic mass is 32.1. The quantitative estimate of drug-likeness (QED) is 0.531. The number of carbonyl (C=O) groups excluding carboxylic acids is 1. The van der Waals surface area contributed by atoms with Gasteiger partial charge in [-0.15, -0.1) is 11.3 Å². The topological polar surface area (TPSA) is 95.5 Å². The van der Waals surface area contributed by atoms with Crippen molar-refractivity contribution in [2.24, 2.45) is 0 Å². The first-order chi connectivity index (χ1) is 8.52. The molecule has 2 aromatic rings. The highest BCUT2D eigenvalue weighted by Crippen LogP contribution is 2.39. The predicted octanol–water partition coefficient (Wildman–Crippen LogP) is 2.75. The number of esters is 1. The standard InChI is InChI=1S/C10H8N2O4S2/c1-16-10(13)9-5(11)4-7(18-9)6-2-3-8(17-6)12(14)15/h2-4H,11H2,1H3. The van der Waals surface area contributed by atoms with Crippen molar-refractivity contribution in [2.45, 2.75) is 0 Å². The van der Waals surface area contributed by atoms with Crippen LogP contribution in [0.4, 0.5) is 10.7 Å². The minimum absolute atomic E-state index is 0.0524. The van der Waals surface area contributed by atoms with E-state index < -0.39 is 10.9 Å². The van der Waals surface area contributed by atoms with Gasteiger partial charge in [0.15, 0.2) is 0 Å². The molecular weight excluding hydrogens is 276 g/mol. The number of hydrogen-bond donors (Lipinski definition) is 1. The van der Waals surface area contributed by atoms with Crippen molar-refractivity contribution >= 4 is 39.3 Å². The number of carbonyl (C=O) groups is 1. The van der Waals surface area contributed by atoms with Gasteiger partial charge in [-0.05, 0) is 12.1 Å². The predicted molar refractivity (Wildman–Crippen MR) is 70.0 cm³/mol. The summed E-state index contributed by atoms with van der Waals surface area (Å²) < 4.78 is 4.60. The number of ether oxygens (including phenoxy) is 1. The summed E-state index contributed by atoms with van der Waals surface area (Å²) >= 11 is 2.20. The van der Waals surface area contributed by atoms with E-state index in [1.54, 1.807) is 12.1 Å². The van der Waals surface area contributed by atoms with E-state index >= 15 is 0 Å². The van der Waals surface area contributed by atoms with Crippen molar-refractivity contribution < 1.29 is 14.5 Å². The van der Waals surface area contributed by atoms with Crippen molar-refractivity contribution in [2.75, 3.05) is 12.8 Å². The van der Waals surface area contributed by atoms with Crippen LogP contribution in [0.25, 0.3) is 9.75 Å². The van der Waals surface area contributed by atoms with Crippen molar-refractivity contribution in [1.82, 2.24) is 0 Å². The number of methoxy groups -OCH3 is 1. The lowest BCUT2D eigenvalue weighted by atomic mass is 10.3. The van der Waals surface area contributed by atoms with Gasteiger partial charge in [-0.2, -0.15) is 0 Å². The summed E-state index contributed by atoms with van der Waals surface area (Å²) in [5.74, 6) is -0.505. The van der Waals surface area contributed by atoms with Crippen LogP contribution in [0.3, 0.4) is 0 Å². The van der Waals surface area contributed by atoms with Gasteiger partial charge in [0.25, 0.3) is 0 Å². The van der Waals surface area contributed by atoms with Gasteiger partial charge in [0.1, 0.15) is 4.88 Å². The summed E-state index contributed by atoms with van der Waals surface area (Å²) in [6.07, 6.45) is 0. The third kappa shape index (κ3) is 2.20. The van der Waals surface area contributed by atoms with Crippen LogP contribution < -0.4 is 5.73 Å². The number of nitrogens with zero attached hydrogens (tertiary/aromatic N) is 1. The SMILES string of the molecule is COC(=O)c1sc(-c2ccc([N+](=O)[O-])s2)cc1N. The Bertz CT molecular complexity index is 617. The van der Waals surface area contributed by atoms with Crippen LogP contribution in [-0.4, -0.2) is 18.0 Å². The Kier molecular flexibility index (Phi) is 3.30. The minimum Gasteiger partial charge on any atom is -0.465 e. The molecule has 8 heteroatoms. The molecular formula is C10H8N2O4S2. The highest BCUT2D eigenvalue weighted by molar-refractivity contribution is 7.24. The van der Waals surface area contributed by atoms with E-state index in [9.17, 15) is 14.9 Å².